The maximum absolute atomic E-state index is 13.3. The number of allylic oxidation sites excluding steroid dienone is 5. The number of nitrogens with zero attached hydrogens (tertiary/aromatic N) is 3. The molecule has 3 rings (SSSR count). The van der Waals surface area contributed by atoms with Crippen molar-refractivity contribution in [2.24, 2.45) is 4.99 Å². The Morgan fingerprint density at radius 1 is 1.23 bits per heavy atom. The summed E-state index contributed by atoms with van der Waals surface area (Å²) in [4.78, 5) is 38.4. The van der Waals surface area contributed by atoms with Gasteiger partial charge in [0, 0.05) is 29.4 Å². The normalized spacial score (nSPS) is 17.3. The molecule has 1 aliphatic carbocycles. The molecule has 7 nitrogen and oxygen atoms in total. The SMILES string of the molecule is C=C(Cl)C=CCC(=CC)c1nc2ccc(C(=O)NC3CCCC(=C)C3=CN=CC)cc2nc1CCCCC(=O)O. The molecule has 1 aliphatic rings. The highest BCUT2D eigenvalue weighted by atomic mass is 35.5. The first-order valence-corrected chi connectivity index (χ1v) is 14.0. The molecule has 2 aromatic rings. The summed E-state index contributed by atoms with van der Waals surface area (Å²) in [5, 5.41) is 12.6. The van der Waals surface area contributed by atoms with E-state index in [1.54, 1.807) is 30.6 Å². The number of aryl methyl sites for hydroxylation is 1. The van der Waals surface area contributed by atoms with Gasteiger partial charge in [-0.05, 0) is 99.8 Å². The Morgan fingerprint density at radius 2 is 2.02 bits per heavy atom. The van der Waals surface area contributed by atoms with Crippen LogP contribution in [-0.2, 0) is 11.2 Å². The first-order valence-electron chi connectivity index (χ1n) is 13.6. The number of aliphatic imine (C=N–C) groups is 1. The van der Waals surface area contributed by atoms with E-state index in [4.69, 9.17) is 26.7 Å². The molecule has 1 heterocycles. The lowest BCUT2D eigenvalue weighted by molar-refractivity contribution is -0.137. The number of carbonyl (C=O) groups excluding carboxylic acids is 1. The topological polar surface area (TPSA) is 105 Å². The zero-order chi connectivity index (χ0) is 29.1. The number of fused-ring (bicyclic) bond motifs is 1. The molecule has 1 fully saturated rings. The molecule has 0 aliphatic heterocycles. The Balaban J connectivity index is 1.93. The minimum Gasteiger partial charge on any atom is -0.481 e. The van der Waals surface area contributed by atoms with Gasteiger partial charge in [-0.2, -0.15) is 0 Å². The van der Waals surface area contributed by atoms with Gasteiger partial charge in [0.1, 0.15) is 0 Å². The van der Waals surface area contributed by atoms with E-state index in [-0.39, 0.29) is 18.4 Å². The van der Waals surface area contributed by atoms with Gasteiger partial charge in [-0.3, -0.25) is 14.6 Å². The highest BCUT2D eigenvalue weighted by molar-refractivity contribution is 6.30. The number of hydrogen-bond acceptors (Lipinski definition) is 5. The van der Waals surface area contributed by atoms with E-state index in [0.29, 0.717) is 47.3 Å². The minimum atomic E-state index is -0.818. The molecule has 0 radical (unpaired) electrons. The molecular weight excluding hydrogens is 524 g/mol. The molecule has 8 heteroatoms. The molecule has 0 spiro atoms. The molecule has 0 saturated heterocycles. The summed E-state index contributed by atoms with van der Waals surface area (Å²) < 4.78 is 0. The fourth-order valence-corrected chi connectivity index (χ4v) is 4.78. The van der Waals surface area contributed by atoms with Gasteiger partial charge in [0.05, 0.1) is 28.5 Å². The number of carbonyl (C=O) groups is 2. The standard InChI is InChI=1S/C32H37ClN4O3/c1-5-23(13-10-12-22(4)33)31-28(14-7-8-16-30(38)39)35-29-19-24(17-18-27(29)36-31)32(40)37-26-15-9-11-21(3)25(26)20-34-6-2/h5-6,10,12,17-20,26H,3-4,7-9,11,13-16H2,1-2H3,(H,37,40)(H,38,39). The van der Waals surface area contributed by atoms with Crippen LogP contribution in [0.1, 0.15) is 80.5 Å². The first-order chi connectivity index (χ1) is 19.2. The van der Waals surface area contributed by atoms with Crippen LogP contribution in [0, 0.1) is 0 Å². The number of amides is 1. The van der Waals surface area contributed by atoms with Gasteiger partial charge >= 0.3 is 5.97 Å². The summed E-state index contributed by atoms with van der Waals surface area (Å²) in [5.74, 6) is -1.01. The van der Waals surface area contributed by atoms with Crippen LogP contribution < -0.4 is 5.32 Å². The van der Waals surface area contributed by atoms with E-state index in [0.717, 1.165) is 47.4 Å². The predicted molar refractivity (Wildman–Crippen MR) is 164 cm³/mol. The van der Waals surface area contributed by atoms with Crippen molar-refractivity contribution < 1.29 is 14.7 Å². The van der Waals surface area contributed by atoms with Gasteiger partial charge in [0.25, 0.3) is 5.91 Å². The van der Waals surface area contributed by atoms with E-state index in [1.807, 2.05) is 32.1 Å². The zero-order valence-corrected chi connectivity index (χ0v) is 24.0. The number of rotatable bonds is 12. The Hall–Kier alpha value is -3.84. The van der Waals surface area contributed by atoms with Gasteiger partial charge in [-0.15, -0.1) is 0 Å². The number of nitrogens with one attached hydrogen (secondary N) is 1. The highest BCUT2D eigenvalue weighted by Gasteiger charge is 2.24. The number of benzene rings is 1. The fraction of sp³-hybridized carbons (Fsp3) is 0.344. The number of aliphatic carboxylic acids is 1. The number of hydrogen-bond donors (Lipinski definition) is 2. The highest BCUT2D eigenvalue weighted by Crippen LogP contribution is 2.29. The van der Waals surface area contributed by atoms with Crippen molar-refractivity contribution in [2.45, 2.75) is 71.3 Å². The summed E-state index contributed by atoms with van der Waals surface area (Å²) >= 11 is 5.89. The summed E-state index contributed by atoms with van der Waals surface area (Å²) in [6, 6.07) is 5.19. The molecule has 1 atom stereocenters. The van der Waals surface area contributed by atoms with Crippen molar-refractivity contribution >= 4 is 46.3 Å². The average molecular weight is 561 g/mol. The number of carboxylic acids is 1. The lowest BCUT2D eigenvalue weighted by Crippen LogP contribution is -2.38. The van der Waals surface area contributed by atoms with Crippen LogP contribution in [0.4, 0.5) is 0 Å². The van der Waals surface area contributed by atoms with Crippen LogP contribution in [0.5, 0.6) is 0 Å². The lowest BCUT2D eigenvalue weighted by Gasteiger charge is -2.27. The molecule has 40 heavy (non-hydrogen) atoms. The van der Waals surface area contributed by atoms with E-state index < -0.39 is 5.97 Å². The van der Waals surface area contributed by atoms with E-state index >= 15 is 0 Å². The molecule has 1 saturated carbocycles. The van der Waals surface area contributed by atoms with Gasteiger partial charge in [0.2, 0.25) is 0 Å². The van der Waals surface area contributed by atoms with Crippen molar-refractivity contribution in [3.05, 3.63) is 88.9 Å². The Kier molecular flexibility index (Phi) is 11.6. The quantitative estimate of drug-likeness (QED) is 0.160. The second kappa shape index (κ2) is 15.1. The molecule has 1 aromatic carbocycles. The molecule has 2 N–H and O–H groups in total. The average Bonchev–Trinajstić information content (AvgIpc) is 2.92. The van der Waals surface area contributed by atoms with Crippen LogP contribution in [0.15, 0.2) is 77.0 Å². The molecule has 1 unspecified atom stereocenters. The Morgan fingerprint density at radius 3 is 2.73 bits per heavy atom. The van der Waals surface area contributed by atoms with E-state index in [1.165, 1.54) is 0 Å². The van der Waals surface area contributed by atoms with Crippen LogP contribution in [0.3, 0.4) is 0 Å². The fourth-order valence-electron chi connectivity index (χ4n) is 4.69. The van der Waals surface area contributed by atoms with Crippen LogP contribution in [-0.4, -0.2) is 39.2 Å². The summed E-state index contributed by atoms with van der Waals surface area (Å²) in [6.45, 7) is 11.6. The van der Waals surface area contributed by atoms with Crippen LogP contribution >= 0.6 is 11.6 Å². The van der Waals surface area contributed by atoms with Crippen LogP contribution in [0.25, 0.3) is 16.6 Å². The first kappa shape index (κ1) is 30.7. The molecule has 0 bridgehead atoms. The Bertz CT molecular complexity index is 1400. The summed E-state index contributed by atoms with van der Waals surface area (Å²) in [5.41, 5.74) is 6.25. The third kappa shape index (κ3) is 8.58. The minimum absolute atomic E-state index is 0.102. The van der Waals surface area contributed by atoms with Crippen molar-refractivity contribution in [3.8, 4) is 0 Å². The number of carboxylic acid groups (broad SMARTS) is 1. The van der Waals surface area contributed by atoms with Gasteiger partial charge in [-0.25, -0.2) is 9.97 Å². The Labute approximate surface area is 241 Å². The lowest BCUT2D eigenvalue weighted by atomic mass is 9.86. The molecule has 210 valence electrons. The van der Waals surface area contributed by atoms with E-state index in [2.05, 4.69) is 23.5 Å². The third-order valence-corrected chi connectivity index (χ3v) is 6.89. The third-order valence-electron chi connectivity index (χ3n) is 6.76. The summed E-state index contributed by atoms with van der Waals surface area (Å²) in [7, 11) is 0. The van der Waals surface area contributed by atoms with Crippen molar-refractivity contribution in [3.63, 3.8) is 0 Å². The van der Waals surface area contributed by atoms with Gasteiger partial charge < -0.3 is 10.4 Å². The van der Waals surface area contributed by atoms with Crippen molar-refractivity contribution in [1.29, 1.82) is 0 Å². The number of halogens is 1. The van der Waals surface area contributed by atoms with Crippen LogP contribution in [0.2, 0.25) is 0 Å². The monoisotopic (exact) mass is 560 g/mol. The smallest absolute Gasteiger partial charge is 0.303 e. The summed E-state index contributed by atoms with van der Waals surface area (Å²) in [6.07, 6.45) is 14.3. The predicted octanol–water partition coefficient (Wildman–Crippen LogP) is 7.34. The zero-order valence-electron chi connectivity index (χ0n) is 23.3. The molecule has 1 aromatic heterocycles. The van der Waals surface area contributed by atoms with Gasteiger partial charge in [-0.1, -0.05) is 36.9 Å². The largest absolute Gasteiger partial charge is 0.481 e. The number of unbranched alkanes of at least 4 members (excludes halogenated alkanes) is 1. The van der Waals surface area contributed by atoms with E-state index in [9.17, 15) is 9.59 Å². The van der Waals surface area contributed by atoms with Crippen molar-refractivity contribution in [1.82, 2.24) is 15.3 Å². The number of aromatic nitrogens is 2. The maximum Gasteiger partial charge on any atom is 0.303 e. The second-order valence-electron chi connectivity index (χ2n) is 9.70. The maximum atomic E-state index is 13.3. The van der Waals surface area contributed by atoms with Gasteiger partial charge in [0.15, 0.2) is 0 Å². The second-order valence-corrected chi connectivity index (χ2v) is 10.2. The molecule has 1 amide bonds. The molecular formula is C32H37ClN4O3. The van der Waals surface area contributed by atoms with Crippen molar-refractivity contribution in [2.75, 3.05) is 0 Å².